The first-order valence-corrected chi connectivity index (χ1v) is 8.49. The van der Waals surface area contributed by atoms with Gasteiger partial charge >= 0.3 is 12.2 Å². The maximum atomic E-state index is 12.8. The van der Waals surface area contributed by atoms with E-state index in [0.717, 1.165) is 44.2 Å². The Bertz CT molecular complexity index is 619. The van der Waals surface area contributed by atoms with E-state index < -0.39 is 11.7 Å². The quantitative estimate of drug-likeness (QED) is 0.849. The number of urea groups is 1. The van der Waals surface area contributed by atoms with Gasteiger partial charge in [0.05, 0.1) is 18.1 Å². The Kier molecular flexibility index (Phi) is 6.68. The predicted octanol–water partition coefficient (Wildman–Crippen LogP) is 4.46. The molecule has 1 aliphatic carbocycles. The second kappa shape index (κ2) is 8.75. The zero-order chi connectivity index (χ0) is 18.3. The summed E-state index contributed by atoms with van der Waals surface area (Å²) in [5.74, 6) is 0. The van der Waals surface area contributed by atoms with Crippen LogP contribution in [0, 0.1) is 11.3 Å². The summed E-state index contributed by atoms with van der Waals surface area (Å²) < 4.78 is 38.3. The third kappa shape index (κ3) is 5.66. The number of rotatable bonds is 5. The van der Waals surface area contributed by atoms with Gasteiger partial charge in [0.15, 0.2) is 0 Å². The number of nitrogens with zero attached hydrogens (tertiary/aromatic N) is 2. The van der Waals surface area contributed by atoms with Crippen molar-refractivity contribution in [2.24, 2.45) is 0 Å². The van der Waals surface area contributed by atoms with Gasteiger partial charge in [-0.3, -0.25) is 0 Å². The van der Waals surface area contributed by atoms with Gasteiger partial charge in [0.1, 0.15) is 0 Å². The van der Waals surface area contributed by atoms with Gasteiger partial charge in [-0.05, 0) is 30.5 Å². The molecule has 0 aliphatic heterocycles. The van der Waals surface area contributed by atoms with Crippen LogP contribution in [-0.2, 0) is 12.7 Å². The largest absolute Gasteiger partial charge is 0.416 e. The molecule has 1 aromatic rings. The summed E-state index contributed by atoms with van der Waals surface area (Å²) in [5.41, 5.74) is -0.333. The van der Waals surface area contributed by atoms with Crippen molar-refractivity contribution in [3.63, 3.8) is 0 Å². The van der Waals surface area contributed by atoms with Crippen molar-refractivity contribution in [2.45, 2.75) is 57.3 Å². The van der Waals surface area contributed by atoms with Crippen LogP contribution in [0.3, 0.4) is 0 Å². The summed E-state index contributed by atoms with van der Waals surface area (Å²) in [5, 5.41) is 11.5. The van der Waals surface area contributed by atoms with Crippen molar-refractivity contribution >= 4 is 6.03 Å². The Morgan fingerprint density at radius 3 is 2.64 bits per heavy atom. The molecule has 2 rings (SSSR count). The lowest BCUT2D eigenvalue weighted by Gasteiger charge is -2.34. The van der Waals surface area contributed by atoms with E-state index >= 15 is 0 Å². The molecule has 136 valence electrons. The number of amides is 2. The van der Waals surface area contributed by atoms with Crippen LogP contribution < -0.4 is 5.32 Å². The Balaban J connectivity index is 1.99. The van der Waals surface area contributed by atoms with E-state index in [2.05, 4.69) is 5.32 Å². The number of hydrogen-bond donors (Lipinski definition) is 1. The molecule has 0 bridgehead atoms. The number of carbonyl (C=O) groups is 1. The molecule has 2 amide bonds. The van der Waals surface area contributed by atoms with Crippen LogP contribution in [0.1, 0.15) is 49.7 Å². The zero-order valence-corrected chi connectivity index (χ0v) is 14.0. The predicted molar refractivity (Wildman–Crippen MR) is 87.5 cm³/mol. The molecule has 1 N–H and O–H groups in total. The van der Waals surface area contributed by atoms with Crippen LogP contribution in [0.4, 0.5) is 18.0 Å². The first-order valence-electron chi connectivity index (χ1n) is 8.49. The zero-order valence-electron chi connectivity index (χ0n) is 14.0. The smallest absolute Gasteiger partial charge is 0.334 e. The molecular formula is C18H22F3N3O. The average molecular weight is 353 g/mol. The molecule has 1 aromatic carbocycles. The number of nitriles is 1. The number of carbonyl (C=O) groups excluding carboxylic acids is 1. The molecule has 0 radical (unpaired) electrons. The minimum absolute atomic E-state index is 0.0263. The maximum absolute atomic E-state index is 12.8. The van der Waals surface area contributed by atoms with Crippen molar-refractivity contribution in [1.82, 2.24) is 10.2 Å². The minimum atomic E-state index is -4.40. The standard InChI is InChI=1S/C18H22F3N3O/c19-18(20,21)15-7-4-6-14(12-15)13-23-17(25)24(11-5-10-22)16-8-2-1-3-9-16/h4,6-7,12,16H,1-3,5,8-9,11,13H2,(H,23,25). The number of benzene rings is 1. The van der Waals surface area contributed by atoms with Crippen molar-refractivity contribution in [3.05, 3.63) is 35.4 Å². The summed E-state index contributed by atoms with van der Waals surface area (Å²) >= 11 is 0. The second-order valence-electron chi connectivity index (χ2n) is 6.25. The summed E-state index contributed by atoms with van der Waals surface area (Å²) in [6, 6.07) is 6.76. The van der Waals surface area contributed by atoms with E-state index in [-0.39, 0.29) is 25.0 Å². The summed E-state index contributed by atoms with van der Waals surface area (Å²) in [4.78, 5) is 14.1. The van der Waals surface area contributed by atoms with Crippen LogP contribution in [0.25, 0.3) is 0 Å². The lowest BCUT2D eigenvalue weighted by Crippen LogP contribution is -2.47. The van der Waals surface area contributed by atoms with E-state index in [1.807, 2.05) is 6.07 Å². The Morgan fingerprint density at radius 1 is 1.28 bits per heavy atom. The monoisotopic (exact) mass is 353 g/mol. The summed E-state index contributed by atoms with van der Waals surface area (Å²) in [6.07, 6.45) is 0.900. The average Bonchev–Trinajstić information content (AvgIpc) is 2.61. The van der Waals surface area contributed by atoms with Gasteiger partial charge in [-0.15, -0.1) is 0 Å². The van der Waals surface area contributed by atoms with Gasteiger partial charge in [-0.1, -0.05) is 31.4 Å². The highest BCUT2D eigenvalue weighted by Crippen LogP contribution is 2.29. The molecule has 0 saturated heterocycles. The molecule has 4 nitrogen and oxygen atoms in total. The number of hydrogen-bond acceptors (Lipinski definition) is 2. The van der Waals surface area contributed by atoms with E-state index in [0.29, 0.717) is 12.1 Å². The summed E-state index contributed by atoms with van der Waals surface area (Å²) in [6.45, 7) is 0.369. The first kappa shape index (κ1) is 19.1. The van der Waals surface area contributed by atoms with Crippen LogP contribution in [0.15, 0.2) is 24.3 Å². The first-order chi connectivity index (χ1) is 11.9. The normalized spacial score (nSPS) is 15.4. The molecule has 0 unspecified atom stereocenters. The molecule has 0 atom stereocenters. The fourth-order valence-electron chi connectivity index (χ4n) is 3.15. The summed E-state index contributed by atoms with van der Waals surface area (Å²) in [7, 11) is 0. The van der Waals surface area contributed by atoms with Crippen LogP contribution >= 0.6 is 0 Å². The highest BCUT2D eigenvalue weighted by molar-refractivity contribution is 5.74. The van der Waals surface area contributed by atoms with Crippen molar-refractivity contribution < 1.29 is 18.0 Å². The highest BCUT2D eigenvalue weighted by Gasteiger charge is 2.30. The Labute approximate surface area is 145 Å². The molecule has 0 spiro atoms. The molecule has 1 aliphatic rings. The maximum Gasteiger partial charge on any atom is 0.416 e. The molecular weight excluding hydrogens is 331 g/mol. The van der Waals surface area contributed by atoms with Gasteiger partial charge < -0.3 is 10.2 Å². The fourth-order valence-corrected chi connectivity index (χ4v) is 3.15. The van der Waals surface area contributed by atoms with Gasteiger partial charge in [0.2, 0.25) is 0 Å². The molecule has 0 heterocycles. The number of alkyl halides is 3. The molecule has 1 saturated carbocycles. The van der Waals surface area contributed by atoms with Gasteiger partial charge in [0.25, 0.3) is 0 Å². The molecule has 25 heavy (non-hydrogen) atoms. The molecule has 1 fully saturated rings. The van der Waals surface area contributed by atoms with E-state index in [9.17, 15) is 18.0 Å². The van der Waals surface area contributed by atoms with Crippen LogP contribution in [0.2, 0.25) is 0 Å². The van der Waals surface area contributed by atoms with Crippen LogP contribution in [-0.4, -0.2) is 23.5 Å². The van der Waals surface area contributed by atoms with E-state index in [1.54, 1.807) is 11.0 Å². The van der Waals surface area contributed by atoms with Crippen molar-refractivity contribution in [1.29, 1.82) is 5.26 Å². The van der Waals surface area contributed by atoms with Crippen molar-refractivity contribution in [2.75, 3.05) is 6.54 Å². The second-order valence-corrected chi connectivity index (χ2v) is 6.25. The van der Waals surface area contributed by atoms with Crippen molar-refractivity contribution in [3.8, 4) is 6.07 Å². The number of halogens is 3. The van der Waals surface area contributed by atoms with Gasteiger partial charge in [-0.2, -0.15) is 18.4 Å². The fraction of sp³-hybridized carbons (Fsp3) is 0.556. The minimum Gasteiger partial charge on any atom is -0.334 e. The van der Waals surface area contributed by atoms with Gasteiger partial charge in [-0.25, -0.2) is 4.79 Å². The van der Waals surface area contributed by atoms with E-state index in [1.165, 1.54) is 6.07 Å². The van der Waals surface area contributed by atoms with Crippen LogP contribution in [0.5, 0.6) is 0 Å². The van der Waals surface area contributed by atoms with E-state index in [4.69, 9.17) is 5.26 Å². The number of nitrogens with one attached hydrogen (secondary N) is 1. The topological polar surface area (TPSA) is 56.1 Å². The molecule has 7 heteroatoms. The van der Waals surface area contributed by atoms with Gasteiger partial charge in [0, 0.05) is 19.1 Å². The third-order valence-corrected chi connectivity index (χ3v) is 4.44. The lowest BCUT2D eigenvalue weighted by molar-refractivity contribution is -0.137. The SMILES string of the molecule is N#CCCN(C(=O)NCc1cccc(C(F)(F)F)c1)C1CCCCC1. The third-order valence-electron chi connectivity index (χ3n) is 4.44. The Hall–Kier alpha value is -2.23. The highest BCUT2D eigenvalue weighted by atomic mass is 19.4. The lowest BCUT2D eigenvalue weighted by atomic mass is 9.94. The molecule has 0 aromatic heterocycles. The Morgan fingerprint density at radius 2 is 2.00 bits per heavy atom.